The number of nitrogens with zero attached hydrogens (tertiary/aromatic N) is 2. The molecular weight excluding hydrogens is 208 g/mol. The lowest BCUT2D eigenvalue weighted by Crippen LogP contribution is -2.38. The van der Waals surface area contributed by atoms with Crippen LogP contribution in [-0.4, -0.2) is 29.6 Å². The van der Waals surface area contributed by atoms with E-state index in [0.717, 1.165) is 13.0 Å². The van der Waals surface area contributed by atoms with Gasteiger partial charge in [-0.2, -0.15) is 0 Å². The van der Waals surface area contributed by atoms with Crippen molar-refractivity contribution in [2.75, 3.05) is 13.6 Å². The second kappa shape index (κ2) is 5.76. The number of likely N-dealkylation sites (N-methyl/N-ethyl adjacent to an activating group) is 1. The van der Waals surface area contributed by atoms with Gasteiger partial charge in [-0.25, -0.2) is 0 Å². The van der Waals surface area contributed by atoms with Crippen molar-refractivity contribution in [1.29, 1.82) is 0 Å². The van der Waals surface area contributed by atoms with Crippen LogP contribution >= 0.6 is 0 Å². The van der Waals surface area contributed by atoms with Crippen LogP contribution in [-0.2, 0) is 6.42 Å². The summed E-state index contributed by atoms with van der Waals surface area (Å²) in [6.45, 7) is 3.41. The largest absolute Gasteiger partial charge is 0.359 e. The van der Waals surface area contributed by atoms with Crippen LogP contribution in [0.5, 0.6) is 0 Å². The van der Waals surface area contributed by atoms with Crippen molar-refractivity contribution in [2.24, 2.45) is 0 Å². The van der Waals surface area contributed by atoms with Crippen molar-refractivity contribution in [1.82, 2.24) is 9.80 Å². The average Bonchev–Trinajstić information content (AvgIpc) is 2.70. The maximum atomic E-state index is 2.45. The highest BCUT2D eigenvalue weighted by atomic mass is 15.4. The molecule has 1 aliphatic rings. The highest BCUT2D eigenvalue weighted by Crippen LogP contribution is 2.18. The van der Waals surface area contributed by atoms with Crippen molar-refractivity contribution >= 4 is 0 Å². The van der Waals surface area contributed by atoms with Crippen LogP contribution in [0.1, 0.15) is 25.3 Å². The topological polar surface area (TPSA) is 6.48 Å². The summed E-state index contributed by atoms with van der Waals surface area (Å²) < 4.78 is 0. The van der Waals surface area contributed by atoms with Gasteiger partial charge in [0.15, 0.2) is 0 Å². The molecule has 0 aliphatic carbocycles. The van der Waals surface area contributed by atoms with E-state index in [1.165, 1.54) is 18.4 Å². The number of benzene rings is 1. The molecule has 0 saturated carbocycles. The zero-order valence-electron chi connectivity index (χ0n) is 10.8. The van der Waals surface area contributed by atoms with Gasteiger partial charge in [0, 0.05) is 32.4 Å². The maximum absolute atomic E-state index is 2.45. The standard InChI is InChI=1S/C15H22N2/c1-3-4-10-17-12-11-16(2)15(17)13-14-8-6-5-7-9-14/h5-9,11-12,15H,3-4,10,13H2,1-2H3. The van der Waals surface area contributed by atoms with Gasteiger partial charge in [-0.3, -0.25) is 0 Å². The van der Waals surface area contributed by atoms with Gasteiger partial charge in [0.2, 0.25) is 0 Å². The molecule has 2 rings (SSSR count). The molecule has 0 radical (unpaired) electrons. The molecule has 1 heterocycles. The molecule has 0 saturated heterocycles. The zero-order chi connectivity index (χ0) is 12.1. The molecule has 0 spiro atoms. The Morgan fingerprint density at radius 2 is 1.88 bits per heavy atom. The van der Waals surface area contributed by atoms with Crippen LogP contribution in [0.25, 0.3) is 0 Å². The fourth-order valence-corrected chi connectivity index (χ4v) is 2.27. The Morgan fingerprint density at radius 3 is 2.59 bits per heavy atom. The quantitative estimate of drug-likeness (QED) is 0.767. The number of rotatable bonds is 5. The Hall–Kier alpha value is -1.44. The first-order valence-corrected chi connectivity index (χ1v) is 6.51. The van der Waals surface area contributed by atoms with Crippen LogP contribution in [0.4, 0.5) is 0 Å². The van der Waals surface area contributed by atoms with Gasteiger partial charge in [-0.05, 0) is 12.0 Å². The van der Waals surface area contributed by atoms with Gasteiger partial charge in [0.1, 0.15) is 6.17 Å². The third-order valence-corrected chi connectivity index (χ3v) is 3.38. The highest BCUT2D eigenvalue weighted by Gasteiger charge is 2.22. The van der Waals surface area contributed by atoms with E-state index in [-0.39, 0.29) is 0 Å². The lowest BCUT2D eigenvalue weighted by Gasteiger charge is -2.30. The summed E-state index contributed by atoms with van der Waals surface area (Å²) in [5, 5.41) is 0. The third-order valence-electron chi connectivity index (χ3n) is 3.38. The van der Waals surface area contributed by atoms with Crippen LogP contribution in [0, 0.1) is 0 Å². The fourth-order valence-electron chi connectivity index (χ4n) is 2.27. The summed E-state index contributed by atoms with van der Waals surface area (Å²) in [5.41, 5.74) is 1.41. The Morgan fingerprint density at radius 1 is 1.12 bits per heavy atom. The molecule has 1 atom stereocenters. The van der Waals surface area contributed by atoms with Crippen molar-refractivity contribution in [3.8, 4) is 0 Å². The van der Waals surface area contributed by atoms with E-state index in [4.69, 9.17) is 0 Å². The molecule has 2 nitrogen and oxygen atoms in total. The molecule has 2 heteroatoms. The lowest BCUT2D eigenvalue weighted by atomic mass is 10.1. The number of unbranched alkanes of at least 4 members (excludes halogenated alkanes) is 1. The van der Waals surface area contributed by atoms with E-state index in [1.54, 1.807) is 0 Å². The van der Waals surface area contributed by atoms with Gasteiger partial charge in [0.05, 0.1) is 0 Å². The van der Waals surface area contributed by atoms with Crippen LogP contribution in [0.3, 0.4) is 0 Å². The summed E-state index contributed by atoms with van der Waals surface area (Å²) in [6.07, 6.45) is 8.51. The summed E-state index contributed by atoms with van der Waals surface area (Å²) in [5.74, 6) is 0. The molecule has 1 unspecified atom stereocenters. The summed E-state index contributed by atoms with van der Waals surface area (Å²) in [7, 11) is 2.16. The van der Waals surface area contributed by atoms with Crippen LogP contribution < -0.4 is 0 Å². The number of hydrogen-bond donors (Lipinski definition) is 0. The number of hydrogen-bond acceptors (Lipinski definition) is 2. The monoisotopic (exact) mass is 230 g/mol. The first kappa shape index (κ1) is 12.0. The van der Waals surface area contributed by atoms with E-state index >= 15 is 0 Å². The Balaban J connectivity index is 1.98. The van der Waals surface area contributed by atoms with E-state index in [2.05, 4.69) is 66.5 Å². The van der Waals surface area contributed by atoms with Gasteiger partial charge in [0.25, 0.3) is 0 Å². The predicted molar refractivity (Wildman–Crippen MR) is 72.5 cm³/mol. The summed E-state index contributed by atoms with van der Waals surface area (Å²) >= 11 is 0. The minimum Gasteiger partial charge on any atom is -0.359 e. The van der Waals surface area contributed by atoms with Crippen molar-refractivity contribution in [2.45, 2.75) is 32.4 Å². The molecule has 0 N–H and O–H groups in total. The fraction of sp³-hybridized carbons (Fsp3) is 0.467. The van der Waals surface area contributed by atoms with Gasteiger partial charge < -0.3 is 9.80 Å². The molecular formula is C15H22N2. The third kappa shape index (κ3) is 3.02. The summed E-state index contributed by atoms with van der Waals surface area (Å²) in [6, 6.07) is 10.7. The Kier molecular flexibility index (Phi) is 4.08. The average molecular weight is 230 g/mol. The van der Waals surface area contributed by atoms with E-state index < -0.39 is 0 Å². The molecule has 0 fully saturated rings. The second-order valence-electron chi connectivity index (χ2n) is 4.73. The molecule has 1 aromatic rings. The van der Waals surface area contributed by atoms with Crippen molar-refractivity contribution in [3.63, 3.8) is 0 Å². The zero-order valence-corrected chi connectivity index (χ0v) is 10.8. The van der Waals surface area contributed by atoms with Gasteiger partial charge in [-0.15, -0.1) is 0 Å². The van der Waals surface area contributed by atoms with Gasteiger partial charge in [-0.1, -0.05) is 43.7 Å². The molecule has 1 aromatic carbocycles. The van der Waals surface area contributed by atoms with E-state index in [1.807, 2.05) is 0 Å². The molecule has 92 valence electrons. The van der Waals surface area contributed by atoms with E-state index in [0.29, 0.717) is 6.17 Å². The maximum Gasteiger partial charge on any atom is 0.104 e. The Bertz CT molecular complexity index is 358. The smallest absolute Gasteiger partial charge is 0.104 e. The SMILES string of the molecule is CCCCN1C=CN(C)C1Cc1ccccc1. The van der Waals surface area contributed by atoms with Crippen molar-refractivity contribution in [3.05, 3.63) is 48.3 Å². The minimum absolute atomic E-state index is 0.490. The first-order chi connectivity index (χ1) is 8.31. The molecule has 0 aromatic heterocycles. The van der Waals surface area contributed by atoms with Crippen molar-refractivity contribution < 1.29 is 0 Å². The van der Waals surface area contributed by atoms with E-state index in [9.17, 15) is 0 Å². The Labute approximate surface area is 105 Å². The minimum atomic E-state index is 0.490. The van der Waals surface area contributed by atoms with Crippen LogP contribution in [0.15, 0.2) is 42.7 Å². The molecule has 17 heavy (non-hydrogen) atoms. The van der Waals surface area contributed by atoms with Gasteiger partial charge >= 0.3 is 0 Å². The normalized spacial score (nSPS) is 19.1. The molecule has 1 aliphatic heterocycles. The van der Waals surface area contributed by atoms with Crippen LogP contribution in [0.2, 0.25) is 0 Å². The summed E-state index contributed by atoms with van der Waals surface area (Å²) in [4.78, 5) is 4.76. The predicted octanol–water partition coefficient (Wildman–Crippen LogP) is 3.07. The molecule has 0 amide bonds. The first-order valence-electron chi connectivity index (χ1n) is 6.51. The molecule has 0 bridgehead atoms. The highest BCUT2D eigenvalue weighted by molar-refractivity contribution is 5.17. The lowest BCUT2D eigenvalue weighted by molar-refractivity contribution is 0.174. The second-order valence-corrected chi connectivity index (χ2v) is 4.73.